The molecule has 1 aliphatic rings. The minimum absolute atomic E-state index is 0. The maximum atomic E-state index is 9.99. The minimum Gasteiger partial charge on any atom is -0.481 e. The summed E-state index contributed by atoms with van der Waals surface area (Å²) in [5.41, 5.74) is 0. The largest absolute Gasteiger partial charge is 0.481 e. The molecule has 53 valence electrons. The Morgan fingerprint density at radius 3 is 2.60 bits per heavy atom. The number of carbonyl (C=O) groups is 1. The molecule has 0 spiro atoms. The first-order valence-corrected chi connectivity index (χ1v) is 3.12. The van der Waals surface area contributed by atoms with E-state index in [1.54, 1.807) is 0 Å². The SMILES string of the molecule is O=C(O)CCC1CCO1.[Li]. The van der Waals surface area contributed by atoms with Gasteiger partial charge in [-0.15, -0.1) is 0 Å². The summed E-state index contributed by atoms with van der Waals surface area (Å²) in [5.74, 6) is -0.731. The molecule has 1 saturated heterocycles. The van der Waals surface area contributed by atoms with Crippen molar-refractivity contribution < 1.29 is 14.6 Å². The zero-order chi connectivity index (χ0) is 6.69. The first-order chi connectivity index (χ1) is 4.29. The van der Waals surface area contributed by atoms with Crippen molar-refractivity contribution in [2.75, 3.05) is 6.61 Å². The zero-order valence-corrected chi connectivity index (χ0v) is 6.17. The van der Waals surface area contributed by atoms with Gasteiger partial charge >= 0.3 is 5.97 Å². The third-order valence-corrected chi connectivity index (χ3v) is 1.47. The predicted octanol–water partition coefficient (Wildman–Crippen LogP) is 0.259. The molecule has 0 aromatic rings. The second kappa shape index (κ2) is 4.78. The van der Waals surface area contributed by atoms with Crippen LogP contribution in [0.25, 0.3) is 0 Å². The molecule has 1 heterocycles. The zero-order valence-electron chi connectivity index (χ0n) is 6.17. The second-order valence-corrected chi connectivity index (χ2v) is 2.21. The topological polar surface area (TPSA) is 46.5 Å². The van der Waals surface area contributed by atoms with Crippen molar-refractivity contribution in [1.29, 1.82) is 0 Å². The van der Waals surface area contributed by atoms with Gasteiger partial charge in [0.05, 0.1) is 6.10 Å². The van der Waals surface area contributed by atoms with Crippen molar-refractivity contribution in [1.82, 2.24) is 0 Å². The molecule has 0 aliphatic carbocycles. The van der Waals surface area contributed by atoms with E-state index < -0.39 is 5.97 Å². The van der Waals surface area contributed by atoms with Gasteiger partial charge in [-0.2, -0.15) is 0 Å². The van der Waals surface area contributed by atoms with Crippen LogP contribution in [0.15, 0.2) is 0 Å². The van der Waals surface area contributed by atoms with E-state index in [0.717, 1.165) is 13.0 Å². The van der Waals surface area contributed by atoms with Crippen molar-refractivity contribution in [3.8, 4) is 0 Å². The second-order valence-electron chi connectivity index (χ2n) is 2.21. The first-order valence-electron chi connectivity index (χ1n) is 3.12. The molecule has 3 nitrogen and oxygen atoms in total. The van der Waals surface area contributed by atoms with Gasteiger partial charge < -0.3 is 9.84 Å². The molecule has 0 aromatic carbocycles. The van der Waals surface area contributed by atoms with Crippen LogP contribution in [0.2, 0.25) is 0 Å². The third kappa shape index (κ3) is 3.26. The van der Waals surface area contributed by atoms with Crippen LogP contribution in [-0.4, -0.2) is 42.6 Å². The molecule has 1 N–H and O–H groups in total. The number of carboxylic acid groups (broad SMARTS) is 1. The van der Waals surface area contributed by atoms with Gasteiger partial charge in [-0.25, -0.2) is 0 Å². The Morgan fingerprint density at radius 1 is 1.70 bits per heavy atom. The Balaban J connectivity index is 0.000000810. The molecule has 0 bridgehead atoms. The average Bonchev–Trinajstić information content (AvgIpc) is 1.60. The Labute approximate surface area is 71.9 Å². The maximum Gasteiger partial charge on any atom is 0.303 e. The molecule has 0 saturated carbocycles. The Morgan fingerprint density at radius 2 is 2.30 bits per heavy atom. The van der Waals surface area contributed by atoms with E-state index in [-0.39, 0.29) is 31.4 Å². The van der Waals surface area contributed by atoms with Crippen molar-refractivity contribution in [3.05, 3.63) is 0 Å². The van der Waals surface area contributed by atoms with E-state index in [4.69, 9.17) is 9.84 Å². The minimum atomic E-state index is -0.731. The monoisotopic (exact) mass is 137 g/mol. The molecule has 1 unspecified atom stereocenters. The summed E-state index contributed by atoms with van der Waals surface area (Å²) in [6.07, 6.45) is 2.19. The molecule has 1 fully saturated rings. The normalized spacial score (nSPS) is 22.6. The molecular weight excluding hydrogens is 127 g/mol. The molecule has 1 radical (unpaired) electrons. The van der Waals surface area contributed by atoms with Crippen LogP contribution in [0.5, 0.6) is 0 Å². The van der Waals surface area contributed by atoms with E-state index >= 15 is 0 Å². The molecule has 0 aromatic heterocycles. The predicted molar refractivity (Wildman–Crippen MR) is 37.0 cm³/mol. The Bertz CT molecular complexity index is 112. The fourth-order valence-corrected chi connectivity index (χ4v) is 0.797. The van der Waals surface area contributed by atoms with Crippen LogP contribution in [0.3, 0.4) is 0 Å². The molecular formula is C6H10LiO3. The van der Waals surface area contributed by atoms with Gasteiger partial charge in [0.25, 0.3) is 0 Å². The Hall–Kier alpha value is 0.0274. The number of rotatable bonds is 3. The van der Waals surface area contributed by atoms with Crippen molar-refractivity contribution >= 4 is 24.8 Å². The van der Waals surface area contributed by atoms with Crippen molar-refractivity contribution in [2.45, 2.75) is 25.4 Å². The molecule has 1 aliphatic heterocycles. The smallest absolute Gasteiger partial charge is 0.303 e. The van der Waals surface area contributed by atoms with Gasteiger partial charge in [0.1, 0.15) is 0 Å². The number of ether oxygens (including phenoxy) is 1. The summed E-state index contributed by atoms with van der Waals surface area (Å²) >= 11 is 0. The van der Waals surface area contributed by atoms with Gasteiger partial charge in [-0.1, -0.05) is 0 Å². The van der Waals surface area contributed by atoms with E-state index in [2.05, 4.69) is 0 Å². The quantitative estimate of drug-likeness (QED) is 0.567. The number of hydrogen-bond acceptors (Lipinski definition) is 2. The number of aliphatic carboxylic acids is 1. The van der Waals surface area contributed by atoms with E-state index in [0.29, 0.717) is 6.42 Å². The van der Waals surface area contributed by atoms with Gasteiger partial charge in [0, 0.05) is 31.9 Å². The van der Waals surface area contributed by atoms with E-state index in [9.17, 15) is 4.79 Å². The Kier molecular flexibility index (Phi) is 4.80. The van der Waals surface area contributed by atoms with Crippen molar-refractivity contribution in [3.63, 3.8) is 0 Å². The summed E-state index contributed by atoms with van der Waals surface area (Å²) in [7, 11) is 0. The van der Waals surface area contributed by atoms with Gasteiger partial charge in [-0.05, 0) is 12.8 Å². The van der Waals surface area contributed by atoms with Crippen LogP contribution in [0.1, 0.15) is 19.3 Å². The van der Waals surface area contributed by atoms with E-state index in [1.165, 1.54) is 0 Å². The summed E-state index contributed by atoms with van der Waals surface area (Å²) in [6, 6.07) is 0. The molecule has 10 heavy (non-hydrogen) atoms. The molecule has 4 heteroatoms. The average molecular weight is 137 g/mol. The summed E-state index contributed by atoms with van der Waals surface area (Å²) in [4.78, 5) is 9.99. The van der Waals surface area contributed by atoms with E-state index in [1.807, 2.05) is 0 Å². The van der Waals surface area contributed by atoms with Gasteiger partial charge in [0.2, 0.25) is 0 Å². The van der Waals surface area contributed by atoms with Crippen LogP contribution >= 0.6 is 0 Å². The fourth-order valence-electron chi connectivity index (χ4n) is 0.797. The molecule has 1 rings (SSSR count). The first kappa shape index (κ1) is 10.0. The van der Waals surface area contributed by atoms with Crippen LogP contribution < -0.4 is 0 Å². The van der Waals surface area contributed by atoms with Crippen LogP contribution in [-0.2, 0) is 9.53 Å². The standard InChI is InChI=1S/C6H10O3.Li/c7-6(8)2-1-5-3-4-9-5;/h5H,1-4H2,(H,7,8);. The number of hydrogen-bond donors (Lipinski definition) is 1. The molecule has 1 atom stereocenters. The van der Waals surface area contributed by atoms with Gasteiger partial charge in [0.15, 0.2) is 0 Å². The van der Waals surface area contributed by atoms with Crippen LogP contribution in [0, 0.1) is 0 Å². The summed E-state index contributed by atoms with van der Waals surface area (Å²) < 4.78 is 5.02. The maximum absolute atomic E-state index is 9.99. The van der Waals surface area contributed by atoms with Crippen molar-refractivity contribution in [2.24, 2.45) is 0 Å². The summed E-state index contributed by atoms with van der Waals surface area (Å²) in [6.45, 7) is 0.810. The molecule has 0 amide bonds. The third-order valence-electron chi connectivity index (χ3n) is 1.47. The fraction of sp³-hybridized carbons (Fsp3) is 0.833. The summed E-state index contributed by atoms with van der Waals surface area (Å²) in [5, 5.41) is 8.23. The number of carboxylic acids is 1. The van der Waals surface area contributed by atoms with Gasteiger partial charge in [-0.3, -0.25) is 4.79 Å². The van der Waals surface area contributed by atoms with Crippen LogP contribution in [0.4, 0.5) is 0 Å².